The predicted molar refractivity (Wildman–Crippen MR) is 66.5 cm³/mol. The summed E-state index contributed by atoms with van der Waals surface area (Å²) in [5.74, 6) is 2.49. The highest BCUT2D eigenvalue weighted by atomic mass is 15.3. The van der Waals surface area contributed by atoms with Crippen LogP contribution in [0.2, 0.25) is 0 Å². The first-order valence-electron chi connectivity index (χ1n) is 6.08. The van der Waals surface area contributed by atoms with Crippen LogP contribution in [-0.4, -0.2) is 33.3 Å². The van der Waals surface area contributed by atoms with E-state index in [1.807, 2.05) is 7.05 Å². The van der Waals surface area contributed by atoms with E-state index >= 15 is 0 Å². The smallest absolute Gasteiger partial charge is 0.191 e. The fourth-order valence-corrected chi connectivity index (χ4v) is 1.63. The van der Waals surface area contributed by atoms with Gasteiger partial charge < -0.3 is 10.6 Å². The van der Waals surface area contributed by atoms with Gasteiger partial charge in [-0.2, -0.15) is 5.10 Å². The second-order valence-corrected chi connectivity index (χ2v) is 4.46. The molecule has 0 aromatic carbocycles. The van der Waals surface area contributed by atoms with Crippen molar-refractivity contribution in [3.8, 4) is 0 Å². The van der Waals surface area contributed by atoms with Crippen molar-refractivity contribution >= 4 is 5.96 Å². The Morgan fingerprint density at radius 2 is 2.41 bits per heavy atom. The molecule has 0 radical (unpaired) electrons. The zero-order valence-corrected chi connectivity index (χ0v) is 10.6. The fourth-order valence-electron chi connectivity index (χ4n) is 1.63. The van der Waals surface area contributed by atoms with Gasteiger partial charge in [-0.3, -0.25) is 4.68 Å². The van der Waals surface area contributed by atoms with Gasteiger partial charge in [-0.1, -0.05) is 6.92 Å². The molecule has 1 aromatic heterocycles. The summed E-state index contributed by atoms with van der Waals surface area (Å²) in [5.41, 5.74) is 0. The van der Waals surface area contributed by atoms with Gasteiger partial charge in [0.1, 0.15) is 18.7 Å². The molecule has 1 aliphatic rings. The summed E-state index contributed by atoms with van der Waals surface area (Å²) in [7, 11) is 1.88. The molecule has 1 heterocycles. The minimum absolute atomic E-state index is 0.549. The number of hydrogen-bond acceptors (Lipinski definition) is 3. The average Bonchev–Trinajstić information content (AvgIpc) is 2.83. The van der Waals surface area contributed by atoms with Gasteiger partial charge in [0.05, 0.1) is 0 Å². The lowest BCUT2D eigenvalue weighted by Gasteiger charge is -2.10. The van der Waals surface area contributed by atoms with E-state index in [0.717, 1.165) is 24.2 Å². The molecule has 0 saturated heterocycles. The van der Waals surface area contributed by atoms with E-state index in [9.17, 15) is 0 Å². The van der Waals surface area contributed by atoms with Crippen LogP contribution >= 0.6 is 0 Å². The summed E-state index contributed by atoms with van der Waals surface area (Å²) in [6.45, 7) is 5.72. The van der Waals surface area contributed by atoms with Gasteiger partial charge in [0.25, 0.3) is 0 Å². The van der Waals surface area contributed by atoms with Crippen LogP contribution in [0.25, 0.3) is 0 Å². The molecule has 2 atom stereocenters. The van der Waals surface area contributed by atoms with Gasteiger partial charge in [0, 0.05) is 19.6 Å². The van der Waals surface area contributed by atoms with Gasteiger partial charge in [0.2, 0.25) is 0 Å². The van der Waals surface area contributed by atoms with Gasteiger partial charge >= 0.3 is 0 Å². The van der Waals surface area contributed by atoms with E-state index in [0.29, 0.717) is 12.6 Å². The molecule has 0 amide bonds. The number of aryl methyl sites for hydroxylation is 1. The summed E-state index contributed by atoms with van der Waals surface area (Å²) in [6, 6.07) is 0.576. The van der Waals surface area contributed by atoms with Crippen LogP contribution in [-0.2, 0) is 13.6 Å². The molecule has 6 nitrogen and oxygen atoms in total. The highest BCUT2D eigenvalue weighted by molar-refractivity contribution is 5.80. The number of guanidine groups is 1. The van der Waals surface area contributed by atoms with Gasteiger partial charge in [-0.25, -0.2) is 9.98 Å². The van der Waals surface area contributed by atoms with Crippen molar-refractivity contribution in [2.45, 2.75) is 32.9 Å². The van der Waals surface area contributed by atoms with E-state index < -0.39 is 0 Å². The van der Waals surface area contributed by atoms with E-state index in [4.69, 9.17) is 0 Å². The quantitative estimate of drug-likeness (QED) is 0.582. The van der Waals surface area contributed by atoms with Crippen LogP contribution in [0.1, 0.15) is 26.1 Å². The van der Waals surface area contributed by atoms with Crippen LogP contribution in [0.5, 0.6) is 0 Å². The molecule has 6 heteroatoms. The van der Waals surface area contributed by atoms with Gasteiger partial charge in [-0.15, -0.1) is 0 Å². The zero-order chi connectivity index (χ0) is 12.3. The second kappa shape index (κ2) is 5.16. The highest BCUT2D eigenvalue weighted by Gasteiger charge is 2.33. The molecule has 2 rings (SSSR count). The summed E-state index contributed by atoms with van der Waals surface area (Å²) in [5, 5.41) is 10.7. The van der Waals surface area contributed by atoms with Crippen molar-refractivity contribution in [1.82, 2.24) is 25.4 Å². The number of rotatable bonds is 4. The van der Waals surface area contributed by atoms with E-state index in [1.165, 1.54) is 6.42 Å². The second-order valence-electron chi connectivity index (χ2n) is 4.46. The van der Waals surface area contributed by atoms with Crippen molar-refractivity contribution in [2.75, 3.05) is 6.54 Å². The third kappa shape index (κ3) is 3.18. The molecule has 17 heavy (non-hydrogen) atoms. The maximum Gasteiger partial charge on any atom is 0.191 e. The first-order valence-corrected chi connectivity index (χ1v) is 6.08. The molecular formula is C11H20N6. The minimum atomic E-state index is 0.549. The van der Waals surface area contributed by atoms with Crippen molar-refractivity contribution < 1.29 is 0 Å². The molecule has 0 spiro atoms. The lowest BCUT2D eigenvalue weighted by Crippen LogP contribution is -2.39. The Labute approximate surface area is 102 Å². The Kier molecular flexibility index (Phi) is 3.61. The monoisotopic (exact) mass is 236 g/mol. The molecule has 1 aliphatic carbocycles. The predicted octanol–water partition coefficient (Wildman–Crippen LogP) is 0.279. The molecule has 0 aliphatic heterocycles. The van der Waals surface area contributed by atoms with Crippen LogP contribution in [0.3, 0.4) is 0 Å². The lowest BCUT2D eigenvalue weighted by molar-refractivity contribution is 0.695. The van der Waals surface area contributed by atoms with Crippen LogP contribution in [0.4, 0.5) is 0 Å². The van der Waals surface area contributed by atoms with Crippen molar-refractivity contribution in [3.63, 3.8) is 0 Å². The Morgan fingerprint density at radius 1 is 1.65 bits per heavy atom. The minimum Gasteiger partial charge on any atom is -0.357 e. The van der Waals surface area contributed by atoms with Gasteiger partial charge in [0.15, 0.2) is 5.96 Å². The topological polar surface area (TPSA) is 67.1 Å². The molecule has 1 fully saturated rings. The van der Waals surface area contributed by atoms with Crippen molar-refractivity contribution in [3.05, 3.63) is 12.2 Å². The molecule has 0 bridgehead atoms. The number of nitrogens with zero attached hydrogens (tertiary/aromatic N) is 4. The van der Waals surface area contributed by atoms with Crippen LogP contribution in [0, 0.1) is 5.92 Å². The zero-order valence-electron chi connectivity index (χ0n) is 10.6. The molecule has 1 saturated carbocycles. The first kappa shape index (κ1) is 11.9. The average molecular weight is 236 g/mol. The summed E-state index contributed by atoms with van der Waals surface area (Å²) in [6.07, 6.45) is 2.78. The molecule has 94 valence electrons. The Morgan fingerprint density at radius 3 is 2.94 bits per heavy atom. The number of hydrogen-bond donors (Lipinski definition) is 2. The Bertz CT molecular complexity index is 396. The molecule has 2 unspecified atom stereocenters. The normalized spacial score (nSPS) is 23.6. The summed E-state index contributed by atoms with van der Waals surface area (Å²) < 4.78 is 1.74. The maximum atomic E-state index is 4.50. The first-order chi connectivity index (χ1) is 8.20. The summed E-state index contributed by atoms with van der Waals surface area (Å²) in [4.78, 5) is 8.65. The van der Waals surface area contributed by atoms with Crippen molar-refractivity contribution in [1.29, 1.82) is 0 Å². The van der Waals surface area contributed by atoms with Gasteiger partial charge in [-0.05, 0) is 19.3 Å². The maximum absolute atomic E-state index is 4.50. The Balaban J connectivity index is 1.92. The molecule has 2 N–H and O–H groups in total. The number of nitrogens with one attached hydrogen (secondary N) is 2. The van der Waals surface area contributed by atoms with Crippen molar-refractivity contribution in [2.24, 2.45) is 18.0 Å². The van der Waals surface area contributed by atoms with E-state index in [-0.39, 0.29) is 0 Å². The molecule has 1 aromatic rings. The lowest BCUT2D eigenvalue weighted by atomic mass is 10.5. The number of aliphatic imine (C=N–C) groups is 1. The summed E-state index contributed by atoms with van der Waals surface area (Å²) >= 11 is 0. The fraction of sp³-hybridized carbons (Fsp3) is 0.727. The third-order valence-corrected chi connectivity index (χ3v) is 2.96. The van der Waals surface area contributed by atoms with Crippen LogP contribution < -0.4 is 10.6 Å². The van der Waals surface area contributed by atoms with E-state index in [2.05, 4.69) is 39.6 Å². The highest BCUT2D eigenvalue weighted by Crippen LogP contribution is 2.28. The van der Waals surface area contributed by atoms with Crippen LogP contribution in [0.15, 0.2) is 11.3 Å². The van der Waals surface area contributed by atoms with E-state index in [1.54, 1.807) is 11.0 Å². The standard InChI is InChI=1S/C11H20N6/c1-4-12-11(16-9-5-8(9)2)13-6-10-14-7-15-17(10)3/h7-9H,4-6H2,1-3H3,(H2,12,13,16). The number of aromatic nitrogens is 3. The Hall–Kier alpha value is -1.59. The largest absolute Gasteiger partial charge is 0.357 e. The SMILES string of the molecule is CCNC(=NCc1ncnn1C)NC1CC1C. The molecular weight excluding hydrogens is 216 g/mol. The third-order valence-electron chi connectivity index (χ3n) is 2.96.